The van der Waals surface area contributed by atoms with Crippen LogP contribution in [0.1, 0.15) is 109 Å². The maximum absolute atomic E-state index is 4.81. The maximum atomic E-state index is 4.81. The SMILES string of the molecule is CCCCCc1cnc(CC(C2CCCCC2)C2CCC(CC)CC2)nc1. The van der Waals surface area contributed by atoms with E-state index < -0.39 is 0 Å². The molecular weight excluding hydrogens is 328 g/mol. The van der Waals surface area contributed by atoms with Crippen molar-refractivity contribution < 1.29 is 0 Å². The van der Waals surface area contributed by atoms with Gasteiger partial charge in [0.05, 0.1) is 0 Å². The summed E-state index contributed by atoms with van der Waals surface area (Å²) in [7, 11) is 0. The molecule has 0 bridgehead atoms. The second-order valence-corrected chi connectivity index (χ2v) is 9.42. The highest BCUT2D eigenvalue weighted by Crippen LogP contribution is 2.43. The Morgan fingerprint density at radius 1 is 0.852 bits per heavy atom. The first-order chi connectivity index (χ1) is 13.3. The first-order valence-corrected chi connectivity index (χ1v) is 12.1. The molecule has 152 valence electrons. The van der Waals surface area contributed by atoms with Gasteiger partial charge in [0.2, 0.25) is 0 Å². The van der Waals surface area contributed by atoms with Crippen LogP contribution >= 0.6 is 0 Å². The summed E-state index contributed by atoms with van der Waals surface area (Å²) in [5.41, 5.74) is 1.32. The second-order valence-electron chi connectivity index (χ2n) is 9.42. The molecule has 2 fully saturated rings. The predicted octanol–water partition coefficient (Wildman–Crippen LogP) is 7.16. The van der Waals surface area contributed by atoms with E-state index in [2.05, 4.69) is 26.2 Å². The standard InChI is InChI=1S/C25H42N2/c1-3-5-7-10-21-18-26-25(27-19-21)17-24(22-11-8-6-9-12-22)23-15-13-20(4-2)14-16-23/h18-20,22-24H,3-17H2,1-2H3. The largest absolute Gasteiger partial charge is 0.241 e. The lowest BCUT2D eigenvalue weighted by molar-refractivity contribution is 0.123. The van der Waals surface area contributed by atoms with Crippen LogP contribution in [0.25, 0.3) is 0 Å². The van der Waals surface area contributed by atoms with Gasteiger partial charge in [-0.05, 0) is 54.9 Å². The van der Waals surface area contributed by atoms with Crippen LogP contribution in [0.15, 0.2) is 12.4 Å². The molecule has 2 heteroatoms. The van der Waals surface area contributed by atoms with E-state index in [9.17, 15) is 0 Å². The lowest BCUT2D eigenvalue weighted by Gasteiger charge is -2.39. The van der Waals surface area contributed by atoms with Crippen LogP contribution < -0.4 is 0 Å². The Kier molecular flexibility index (Phi) is 8.61. The summed E-state index contributed by atoms with van der Waals surface area (Å²) in [5, 5.41) is 0. The smallest absolute Gasteiger partial charge is 0.128 e. The molecule has 27 heavy (non-hydrogen) atoms. The summed E-state index contributed by atoms with van der Waals surface area (Å²) in [6, 6.07) is 0. The lowest BCUT2D eigenvalue weighted by atomic mass is 9.66. The Balaban J connectivity index is 1.62. The third kappa shape index (κ3) is 6.29. The molecule has 2 nitrogen and oxygen atoms in total. The zero-order valence-electron chi connectivity index (χ0n) is 18.0. The van der Waals surface area contributed by atoms with Crippen LogP contribution in [-0.4, -0.2) is 9.97 Å². The minimum absolute atomic E-state index is 0.828. The van der Waals surface area contributed by atoms with Crippen molar-refractivity contribution in [2.75, 3.05) is 0 Å². The monoisotopic (exact) mass is 370 g/mol. The van der Waals surface area contributed by atoms with Gasteiger partial charge in [0, 0.05) is 18.8 Å². The number of hydrogen-bond acceptors (Lipinski definition) is 2. The highest BCUT2D eigenvalue weighted by Gasteiger charge is 2.33. The molecule has 0 aromatic carbocycles. The van der Waals surface area contributed by atoms with Crippen molar-refractivity contribution in [3.8, 4) is 0 Å². The Morgan fingerprint density at radius 2 is 1.52 bits per heavy atom. The van der Waals surface area contributed by atoms with E-state index in [0.717, 1.165) is 42.3 Å². The van der Waals surface area contributed by atoms with Crippen LogP contribution in [0, 0.1) is 23.7 Å². The Hall–Kier alpha value is -0.920. The van der Waals surface area contributed by atoms with E-state index in [1.807, 2.05) is 0 Å². The molecule has 0 radical (unpaired) electrons. The molecule has 2 aliphatic carbocycles. The molecule has 1 aromatic rings. The number of unbranched alkanes of at least 4 members (excludes halogenated alkanes) is 2. The zero-order valence-corrected chi connectivity index (χ0v) is 18.0. The van der Waals surface area contributed by atoms with E-state index in [0.29, 0.717) is 0 Å². The van der Waals surface area contributed by atoms with Crippen molar-refractivity contribution in [3.05, 3.63) is 23.8 Å². The Morgan fingerprint density at radius 3 is 2.15 bits per heavy atom. The average molecular weight is 371 g/mol. The van der Waals surface area contributed by atoms with Crippen LogP contribution in [0.5, 0.6) is 0 Å². The molecule has 2 aliphatic rings. The molecule has 0 aliphatic heterocycles. The number of hydrogen-bond donors (Lipinski definition) is 0. The third-order valence-electron chi connectivity index (χ3n) is 7.58. The number of aromatic nitrogens is 2. The molecule has 0 N–H and O–H groups in total. The van der Waals surface area contributed by atoms with Gasteiger partial charge in [0.25, 0.3) is 0 Å². The van der Waals surface area contributed by atoms with Gasteiger partial charge in [0.15, 0.2) is 0 Å². The van der Waals surface area contributed by atoms with Crippen LogP contribution in [0.2, 0.25) is 0 Å². The molecule has 1 heterocycles. The molecule has 0 saturated heterocycles. The summed E-state index contributed by atoms with van der Waals surface area (Å²) in [5.74, 6) is 4.78. The molecule has 0 amide bonds. The normalized spacial score (nSPS) is 25.4. The second kappa shape index (κ2) is 11.2. The number of aryl methyl sites for hydroxylation is 1. The summed E-state index contributed by atoms with van der Waals surface area (Å²) < 4.78 is 0. The fraction of sp³-hybridized carbons (Fsp3) is 0.840. The van der Waals surface area contributed by atoms with E-state index in [-0.39, 0.29) is 0 Å². The van der Waals surface area contributed by atoms with Gasteiger partial charge < -0.3 is 0 Å². The van der Waals surface area contributed by atoms with Gasteiger partial charge >= 0.3 is 0 Å². The first kappa shape index (κ1) is 20.8. The van der Waals surface area contributed by atoms with Crippen molar-refractivity contribution >= 4 is 0 Å². The van der Waals surface area contributed by atoms with Crippen molar-refractivity contribution in [3.63, 3.8) is 0 Å². The van der Waals surface area contributed by atoms with Crippen LogP contribution in [0.4, 0.5) is 0 Å². The summed E-state index contributed by atoms with van der Waals surface area (Å²) in [6.45, 7) is 4.64. The van der Waals surface area contributed by atoms with E-state index in [4.69, 9.17) is 9.97 Å². The number of nitrogens with zero attached hydrogens (tertiary/aromatic N) is 2. The molecular formula is C25H42N2. The zero-order chi connectivity index (χ0) is 18.9. The maximum Gasteiger partial charge on any atom is 0.128 e. The predicted molar refractivity (Wildman–Crippen MR) is 115 cm³/mol. The van der Waals surface area contributed by atoms with Gasteiger partial charge in [-0.15, -0.1) is 0 Å². The molecule has 1 unspecified atom stereocenters. The van der Waals surface area contributed by atoms with Crippen molar-refractivity contribution in [1.29, 1.82) is 0 Å². The van der Waals surface area contributed by atoms with Gasteiger partial charge in [-0.3, -0.25) is 0 Å². The lowest BCUT2D eigenvalue weighted by Crippen LogP contribution is -2.31. The topological polar surface area (TPSA) is 25.8 Å². The molecule has 0 spiro atoms. The Bertz CT molecular complexity index is 510. The van der Waals surface area contributed by atoms with E-state index in [1.165, 1.54) is 89.0 Å². The van der Waals surface area contributed by atoms with Gasteiger partial charge in [-0.2, -0.15) is 0 Å². The van der Waals surface area contributed by atoms with Crippen molar-refractivity contribution in [2.24, 2.45) is 23.7 Å². The Labute approximate surface area is 168 Å². The highest BCUT2D eigenvalue weighted by molar-refractivity contribution is 5.06. The van der Waals surface area contributed by atoms with Gasteiger partial charge in [0.1, 0.15) is 5.82 Å². The highest BCUT2D eigenvalue weighted by atomic mass is 14.9. The average Bonchev–Trinajstić information content (AvgIpc) is 2.74. The quantitative estimate of drug-likeness (QED) is 0.431. The van der Waals surface area contributed by atoms with Crippen LogP contribution in [-0.2, 0) is 12.8 Å². The van der Waals surface area contributed by atoms with Crippen molar-refractivity contribution in [1.82, 2.24) is 9.97 Å². The molecule has 3 rings (SSSR count). The minimum atomic E-state index is 0.828. The molecule has 2 saturated carbocycles. The van der Waals surface area contributed by atoms with E-state index in [1.54, 1.807) is 0 Å². The fourth-order valence-corrected chi connectivity index (χ4v) is 5.71. The first-order valence-electron chi connectivity index (χ1n) is 12.1. The van der Waals surface area contributed by atoms with Crippen molar-refractivity contribution in [2.45, 2.75) is 110 Å². The third-order valence-corrected chi connectivity index (χ3v) is 7.58. The fourth-order valence-electron chi connectivity index (χ4n) is 5.71. The summed E-state index contributed by atoms with van der Waals surface area (Å²) >= 11 is 0. The molecule has 1 aromatic heterocycles. The van der Waals surface area contributed by atoms with Gasteiger partial charge in [-0.1, -0.05) is 78.1 Å². The minimum Gasteiger partial charge on any atom is -0.241 e. The van der Waals surface area contributed by atoms with Crippen LogP contribution in [0.3, 0.4) is 0 Å². The van der Waals surface area contributed by atoms with Gasteiger partial charge in [-0.25, -0.2) is 9.97 Å². The van der Waals surface area contributed by atoms with E-state index >= 15 is 0 Å². The molecule has 1 atom stereocenters. The summed E-state index contributed by atoms with van der Waals surface area (Å²) in [6.07, 6.45) is 24.8. The number of rotatable bonds is 9. The summed E-state index contributed by atoms with van der Waals surface area (Å²) in [4.78, 5) is 9.61.